The van der Waals surface area contributed by atoms with Gasteiger partial charge in [-0.25, -0.2) is 0 Å². The van der Waals surface area contributed by atoms with E-state index in [2.05, 4.69) is 20.9 Å². The molecule has 0 radical (unpaired) electrons. The van der Waals surface area contributed by atoms with Gasteiger partial charge in [0.2, 0.25) is 11.8 Å². The van der Waals surface area contributed by atoms with Crippen LogP contribution in [-0.4, -0.2) is 34.5 Å². The smallest absolute Gasteiger partial charge is 0.243 e. The van der Waals surface area contributed by atoms with Crippen molar-refractivity contribution in [2.75, 3.05) is 6.54 Å². The topological polar surface area (TPSA) is 75.4 Å². The van der Waals surface area contributed by atoms with Crippen LogP contribution >= 0.6 is 11.6 Å². The van der Waals surface area contributed by atoms with Crippen LogP contribution in [0.15, 0.2) is 35.1 Å². The van der Waals surface area contributed by atoms with E-state index < -0.39 is 0 Å². The molecule has 1 saturated heterocycles. The number of halogens is 1. The number of aryl methyl sites for hydroxylation is 1. The first-order valence-electron chi connectivity index (χ1n) is 11.0. The van der Waals surface area contributed by atoms with E-state index in [-0.39, 0.29) is 23.8 Å². The van der Waals surface area contributed by atoms with Crippen LogP contribution in [0.2, 0.25) is 5.02 Å². The highest BCUT2D eigenvalue weighted by Gasteiger charge is 2.33. The van der Waals surface area contributed by atoms with Crippen molar-refractivity contribution >= 4 is 23.4 Å². The third-order valence-electron chi connectivity index (χ3n) is 4.70. The molecule has 1 fully saturated rings. The molecular formula is C25H34ClN3O3. The SMILES string of the molecule is C#Cc1ccc(CNC(=O)C2CCCN2C(=O)CC(C)C)c(Cl)c1.CC.Cc1ccon1. The third-order valence-corrected chi connectivity index (χ3v) is 5.05. The summed E-state index contributed by atoms with van der Waals surface area (Å²) in [5, 5.41) is 6.96. The average molecular weight is 460 g/mol. The summed E-state index contributed by atoms with van der Waals surface area (Å²) in [4.78, 5) is 26.5. The molecule has 0 saturated carbocycles. The first-order chi connectivity index (χ1) is 15.3. The molecule has 3 rings (SSSR count). The Bertz CT molecular complexity index is 888. The van der Waals surface area contributed by atoms with E-state index >= 15 is 0 Å². The fourth-order valence-electron chi connectivity index (χ4n) is 3.16. The Labute approximate surface area is 196 Å². The first-order valence-corrected chi connectivity index (χ1v) is 11.4. The summed E-state index contributed by atoms with van der Waals surface area (Å²) in [5.41, 5.74) is 2.44. The fraction of sp³-hybridized carbons (Fsp3) is 0.480. The van der Waals surface area contributed by atoms with Crippen molar-refractivity contribution in [3.63, 3.8) is 0 Å². The number of terminal acetylenes is 1. The molecule has 32 heavy (non-hydrogen) atoms. The Morgan fingerprint density at radius 1 is 1.34 bits per heavy atom. The van der Waals surface area contributed by atoms with Crippen molar-refractivity contribution in [2.45, 2.75) is 66.5 Å². The maximum absolute atomic E-state index is 12.5. The van der Waals surface area contributed by atoms with Crippen molar-refractivity contribution in [1.29, 1.82) is 0 Å². The van der Waals surface area contributed by atoms with Crippen molar-refractivity contribution in [3.05, 3.63) is 52.4 Å². The molecule has 1 aliphatic heterocycles. The van der Waals surface area contributed by atoms with E-state index in [1.807, 2.05) is 40.7 Å². The molecular weight excluding hydrogens is 426 g/mol. The minimum absolute atomic E-state index is 0.0547. The van der Waals surface area contributed by atoms with Crippen molar-refractivity contribution in [1.82, 2.24) is 15.4 Å². The molecule has 174 valence electrons. The zero-order chi connectivity index (χ0) is 24.1. The van der Waals surface area contributed by atoms with Gasteiger partial charge in [-0.3, -0.25) is 9.59 Å². The van der Waals surface area contributed by atoms with Gasteiger partial charge in [-0.2, -0.15) is 0 Å². The zero-order valence-corrected chi connectivity index (χ0v) is 20.4. The number of amides is 2. The Kier molecular flexibility index (Phi) is 12.2. The van der Waals surface area contributed by atoms with E-state index in [0.29, 0.717) is 36.5 Å². The maximum atomic E-state index is 12.5. The second-order valence-electron chi connectivity index (χ2n) is 7.65. The molecule has 0 aliphatic carbocycles. The number of nitrogens with zero attached hydrogens (tertiary/aromatic N) is 2. The quantitative estimate of drug-likeness (QED) is 0.639. The van der Waals surface area contributed by atoms with Gasteiger partial charge in [0.15, 0.2) is 0 Å². The summed E-state index contributed by atoms with van der Waals surface area (Å²) in [7, 11) is 0. The van der Waals surface area contributed by atoms with Crippen LogP contribution in [0.1, 0.15) is 63.8 Å². The summed E-state index contributed by atoms with van der Waals surface area (Å²) in [5.74, 6) is 2.74. The molecule has 2 aromatic rings. The molecule has 1 unspecified atom stereocenters. The number of benzene rings is 1. The van der Waals surface area contributed by atoms with Crippen molar-refractivity contribution in [3.8, 4) is 12.3 Å². The minimum Gasteiger partial charge on any atom is -0.365 e. The normalized spacial score (nSPS) is 14.6. The molecule has 1 N–H and O–H groups in total. The Hall–Kier alpha value is -2.78. The van der Waals surface area contributed by atoms with E-state index in [1.165, 1.54) is 0 Å². The van der Waals surface area contributed by atoms with Crippen LogP contribution < -0.4 is 5.32 Å². The van der Waals surface area contributed by atoms with Gasteiger partial charge in [0, 0.05) is 36.2 Å². The van der Waals surface area contributed by atoms with E-state index in [0.717, 1.165) is 17.7 Å². The van der Waals surface area contributed by atoms with E-state index in [9.17, 15) is 9.59 Å². The summed E-state index contributed by atoms with van der Waals surface area (Å²) < 4.78 is 4.46. The lowest BCUT2D eigenvalue weighted by Gasteiger charge is -2.24. The van der Waals surface area contributed by atoms with Crippen LogP contribution in [0, 0.1) is 25.2 Å². The highest BCUT2D eigenvalue weighted by Crippen LogP contribution is 2.21. The average Bonchev–Trinajstić information content (AvgIpc) is 3.45. The number of aromatic nitrogens is 1. The lowest BCUT2D eigenvalue weighted by Crippen LogP contribution is -2.46. The number of rotatable bonds is 5. The van der Waals surface area contributed by atoms with Crippen LogP contribution in [0.4, 0.5) is 0 Å². The largest absolute Gasteiger partial charge is 0.365 e. The third kappa shape index (κ3) is 8.76. The number of nitrogens with one attached hydrogen (secondary N) is 1. The van der Waals surface area contributed by atoms with Crippen LogP contribution in [0.25, 0.3) is 0 Å². The number of hydrogen-bond acceptors (Lipinski definition) is 4. The lowest BCUT2D eigenvalue weighted by atomic mass is 10.1. The van der Waals surface area contributed by atoms with Crippen LogP contribution in [0.3, 0.4) is 0 Å². The second-order valence-corrected chi connectivity index (χ2v) is 8.06. The van der Waals surface area contributed by atoms with Gasteiger partial charge in [0.1, 0.15) is 12.3 Å². The Morgan fingerprint density at radius 3 is 2.56 bits per heavy atom. The molecule has 1 atom stereocenters. The Balaban J connectivity index is 0.000000542. The number of hydrogen-bond donors (Lipinski definition) is 1. The van der Waals surface area contributed by atoms with E-state index in [4.69, 9.17) is 18.0 Å². The Morgan fingerprint density at radius 2 is 2.06 bits per heavy atom. The molecule has 7 heteroatoms. The van der Waals surface area contributed by atoms with E-state index in [1.54, 1.807) is 29.4 Å². The highest BCUT2D eigenvalue weighted by molar-refractivity contribution is 6.31. The molecule has 1 aromatic carbocycles. The highest BCUT2D eigenvalue weighted by atomic mass is 35.5. The molecule has 1 aliphatic rings. The number of carbonyl (C=O) groups excluding carboxylic acids is 2. The van der Waals surface area contributed by atoms with Crippen LogP contribution in [0.5, 0.6) is 0 Å². The van der Waals surface area contributed by atoms with Gasteiger partial charge in [0.25, 0.3) is 0 Å². The lowest BCUT2D eigenvalue weighted by molar-refractivity contribution is -0.139. The van der Waals surface area contributed by atoms with Gasteiger partial charge in [-0.15, -0.1) is 6.42 Å². The molecule has 2 heterocycles. The predicted octanol–water partition coefficient (Wildman–Crippen LogP) is 4.98. The molecule has 2 amide bonds. The maximum Gasteiger partial charge on any atom is 0.243 e. The summed E-state index contributed by atoms with van der Waals surface area (Å²) in [6.07, 6.45) is 8.93. The summed E-state index contributed by atoms with van der Waals surface area (Å²) >= 11 is 6.18. The molecule has 0 spiro atoms. The van der Waals surface area contributed by atoms with Crippen molar-refractivity contribution < 1.29 is 14.1 Å². The monoisotopic (exact) mass is 459 g/mol. The van der Waals surface area contributed by atoms with Gasteiger partial charge in [-0.05, 0) is 43.4 Å². The van der Waals surface area contributed by atoms with Gasteiger partial charge in [-0.1, -0.05) is 56.4 Å². The van der Waals surface area contributed by atoms with Gasteiger partial charge in [0.05, 0.1) is 5.69 Å². The standard InChI is InChI=1S/C19H23ClN2O2.C4H5NO.C2H6/c1-4-14-7-8-15(16(20)11-14)12-21-19(24)17-6-5-9-22(17)18(23)10-13(2)3;1-4-2-3-6-5-4;1-2/h1,7-8,11,13,17H,5-6,9-10,12H2,2-3H3,(H,21,24);2-3H,1H3;1-2H3. The molecule has 1 aromatic heterocycles. The number of carbonyl (C=O) groups is 2. The minimum atomic E-state index is -0.375. The van der Waals surface area contributed by atoms with Gasteiger partial charge >= 0.3 is 0 Å². The number of likely N-dealkylation sites (tertiary alicyclic amines) is 1. The fourth-order valence-corrected chi connectivity index (χ4v) is 3.41. The molecule has 0 bridgehead atoms. The first kappa shape index (κ1) is 27.3. The second kappa shape index (κ2) is 14.3. The molecule has 6 nitrogen and oxygen atoms in total. The van der Waals surface area contributed by atoms with Gasteiger partial charge < -0.3 is 14.7 Å². The van der Waals surface area contributed by atoms with Crippen molar-refractivity contribution in [2.24, 2.45) is 5.92 Å². The van der Waals surface area contributed by atoms with Crippen LogP contribution in [-0.2, 0) is 16.1 Å². The summed E-state index contributed by atoms with van der Waals surface area (Å²) in [6.45, 7) is 10.9. The predicted molar refractivity (Wildman–Crippen MR) is 128 cm³/mol. The zero-order valence-electron chi connectivity index (χ0n) is 19.7. The summed E-state index contributed by atoms with van der Waals surface area (Å²) in [6, 6.07) is 6.74.